The molecule has 0 aliphatic carbocycles. The fraction of sp³-hybridized carbons (Fsp3) is 0.278. The zero-order valence-electron chi connectivity index (χ0n) is 14.0. The lowest BCUT2D eigenvalue weighted by Crippen LogP contribution is -2.27. The molecule has 1 heterocycles. The second-order valence-electron chi connectivity index (χ2n) is 6.12. The Labute approximate surface area is 141 Å². The molecule has 0 atom stereocenters. The molecule has 24 heavy (non-hydrogen) atoms. The Kier molecular flexibility index (Phi) is 5.38. The van der Waals surface area contributed by atoms with Gasteiger partial charge < -0.3 is 10.1 Å². The van der Waals surface area contributed by atoms with Crippen LogP contribution in [0.2, 0.25) is 0 Å². The number of hydrogen-bond acceptors (Lipinski definition) is 5. The van der Waals surface area contributed by atoms with Gasteiger partial charge in [-0.2, -0.15) is 5.10 Å². The summed E-state index contributed by atoms with van der Waals surface area (Å²) in [5, 5.41) is 13.8. The van der Waals surface area contributed by atoms with Gasteiger partial charge >= 0.3 is 6.09 Å². The van der Waals surface area contributed by atoms with E-state index < -0.39 is 11.7 Å². The second-order valence-corrected chi connectivity index (χ2v) is 6.12. The van der Waals surface area contributed by atoms with Gasteiger partial charge in [0.05, 0.1) is 12.2 Å². The highest BCUT2D eigenvalue weighted by molar-refractivity contribution is 5.83. The van der Waals surface area contributed by atoms with Gasteiger partial charge in [0, 0.05) is 11.3 Å². The lowest BCUT2D eigenvalue weighted by molar-refractivity contribution is 0.0635. The molecule has 0 saturated carbocycles. The molecule has 2 N–H and O–H groups in total. The summed E-state index contributed by atoms with van der Waals surface area (Å²) in [6, 6.07) is 11.0. The summed E-state index contributed by atoms with van der Waals surface area (Å²) in [5.41, 5.74) is 1.89. The van der Waals surface area contributed by atoms with E-state index >= 15 is 0 Å². The van der Waals surface area contributed by atoms with Crippen LogP contribution in [0.3, 0.4) is 0 Å². The molecule has 0 saturated heterocycles. The topological polar surface area (TPSA) is 76.1 Å². The number of nitrogens with zero attached hydrogens (tertiary/aromatic N) is 2. The molecule has 0 fully saturated rings. The molecule has 0 aliphatic heterocycles. The van der Waals surface area contributed by atoms with Gasteiger partial charge in [-0.15, -0.1) is 11.5 Å². The van der Waals surface area contributed by atoms with Crippen molar-refractivity contribution in [1.29, 1.82) is 0 Å². The van der Waals surface area contributed by atoms with Crippen LogP contribution in [0.5, 0.6) is 0 Å². The van der Waals surface area contributed by atoms with Gasteiger partial charge in [0.1, 0.15) is 5.60 Å². The monoisotopic (exact) mass is 324 g/mol. The Bertz CT molecular complexity index is 743. The third-order valence-corrected chi connectivity index (χ3v) is 2.85. The molecular formula is C18H20N4O2. The van der Waals surface area contributed by atoms with E-state index in [1.165, 1.54) is 0 Å². The number of carbonyl (C=O) groups is 1. The number of ether oxygens (including phenoxy) is 1. The molecule has 6 nitrogen and oxygen atoms in total. The molecule has 1 amide bonds. The van der Waals surface area contributed by atoms with E-state index in [4.69, 9.17) is 11.2 Å². The van der Waals surface area contributed by atoms with E-state index in [1.807, 2.05) is 24.3 Å². The molecule has 0 aliphatic rings. The number of amides is 1. The Balaban J connectivity index is 1.90. The van der Waals surface area contributed by atoms with Gasteiger partial charge in [0.2, 0.25) is 0 Å². The van der Waals surface area contributed by atoms with Crippen molar-refractivity contribution in [3.8, 4) is 12.3 Å². The SMILES string of the molecule is C#Cc1cccc(NCc2ccc(NC(=O)OC(C)(C)C)nn2)c1. The van der Waals surface area contributed by atoms with Gasteiger partial charge in [-0.1, -0.05) is 12.0 Å². The Morgan fingerprint density at radius 2 is 2.04 bits per heavy atom. The van der Waals surface area contributed by atoms with Crippen molar-refractivity contribution < 1.29 is 9.53 Å². The lowest BCUT2D eigenvalue weighted by Gasteiger charge is -2.19. The maximum absolute atomic E-state index is 11.7. The molecule has 0 radical (unpaired) electrons. The predicted octanol–water partition coefficient (Wildman–Crippen LogP) is 3.42. The Hall–Kier alpha value is -3.07. The Morgan fingerprint density at radius 1 is 1.25 bits per heavy atom. The molecule has 2 aromatic rings. The largest absolute Gasteiger partial charge is 0.444 e. The summed E-state index contributed by atoms with van der Waals surface area (Å²) >= 11 is 0. The zero-order chi connectivity index (χ0) is 17.6. The fourth-order valence-corrected chi connectivity index (χ4v) is 1.84. The molecule has 1 aromatic carbocycles. The summed E-state index contributed by atoms with van der Waals surface area (Å²) in [6.45, 7) is 5.88. The van der Waals surface area contributed by atoms with Crippen molar-refractivity contribution in [1.82, 2.24) is 10.2 Å². The normalized spacial score (nSPS) is 10.6. The number of aromatic nitrogens is 2. The average molecular weight is 324 g/mol. The van der Waals surface area contributed by atoms with Crippen LogP contribution in [0.25, 0.3) is 0 Å². The van der Waals surface area contributed by atoms with Crippen LogP contribution in [0.15, 0.2) is 36.4 Å². The third kappa shape index (κ3) is 5.61. The standard InChI is InChI=1S/C18H20N4O2/c1-5-13-7-6-8-14(11-13)19-12-15-9-10-16(22-21-15)20-17(23)24-18(2,3)4/h1,6-11,19H,12H2,2-4H3,(H,20,22,23). The summed E-state index contributed by atoms with van der Waals surface area (Å²) in [7, 11) is 0. The van der Waals surface area contributed by atoms with Gasteiger partial charge in [-0.25, -0.2) is 4.79 Å². The van der Waals surface area contributed by atoms with E-state index in [0.717, 1.165) is 16.9 Å². The van der Waals surface area contributed by atoms with Crippen LogP contribution in [0.1, 0.15) is 32.0 Å². The zero-order valence-corrected chi connectivity index (χ0v) is 14.0. The van der Waals surface area contributed by atoms with E-state index in [2.05, 4.69) is 26.8 Å². The minimum atomic E-state index is -0.561. The van der Waals surface area contributed by atoms with Gasteiger partial charge in [0.15, 0.2) is 5.82 Å². The molecular weight excluding hydrogens is 304 g/mol. The third-order valence-electron chi connectivity index (χ3n) is 2.85. The number of nitrogens with one attached hydrogen (secondary N) is 2. The van der Waals surface area contributed by atoms with E-state index in [9.17, 15) is 4.79 Å². The molecule has 124 valence electrons. The van der Waals surface area contributed by atoms with Gasteiger partial charge in [-0.05, 0) is 51.1 Å². The summed E-state index contributed by atoms with van der Waals surface area (Å²) in [6.07, 6.45) is 4.81. The number of carbonyl (C=O) groups excluding carboxylic acids is 1. The smallest absolute Gasteiger partial charge is 0.413 e. The molecule has 2 rings (SSSR count). The van der Waals surface area contributed by atoms with Crippen molar-refractivity contribution in [3.63, 3.8) is 0 Å². The maximum atomic E-state index is 11.7. The number of hydrogen-bond donors (Lipinski definition) is 2. The summed E-state index contributed by atoms with van der Waals surface area (Å²) in [5.74, 6) is 2.92. The average Bonchev–Trinajstić information content (AvgIpc) is 2.52. The molecule has 0 bridgehead atoms. The first-order valence-corrected chi connectivity index (χ1v) is 7.49. The van der Waals surface area contributed by atoms with Crippen molar-refractivity contribution in [2.75, 3.05) is 10.6 Å². The number of anilines is 2. The van der Waals surface area contributed by atoms with Gasteiger partial charge in [-0.3, -0.25) is 5.32 Å². The van der Waals surface area contributed by atoms with E-state index in [1.54, 1.807) is 32.9 Å². The van der Waals surface area contributed by atoms with Crippen molar-refractivity contribution in [2.45, 2.75) is 32.9 Å². The minimum absolute atomic E-state index is 0.335. The highest BCUT2D eigenvalue weighted by Gasteiger charge is 2.16. The lowest BCUT2D eigenvalue weighted by atomic mass is 10.2. The van der Waals surface area contributed by atoms with Crippen LogP contribution >= 0.6 is 0 Å². The van der Waals surface area contributed by atoms with Crippen molar-refractivity contribution >= 4 is 17.6 Å². The van der Waals surface area contributed by atoms with Gasteiger partial charge in [0.25, 0.3) is 0 Å². The van der Waals surface area contributed by atoms with Crippen LogP contribution < -0.4 is 10.6 Å². The molecule has 0 unspecified atom stereocenters. The van der Waals surface area contributed by atoms with Crippen molar-refractivity contribution in [2.24, 2.45) is 0 Å². The minimum Gasteiger partial charge on any atom is -0.444 e. The Morgan fingerprint density at radius 3 is 2.67 bits per heavy atom. The number of benzene rings is 1. The molecule has 6 heteroatoms. The van der Waals surface area contributed by atoms with Crippen LogP contribution in [-0.4, -0.2) is 21.9 Å². The van der Waals surface area contributed by atoms with Crippen LogP contribution in [0.4, 0.5) is 16.3 Å². The van der Waals surface area contributed by atoms with E-state index in [0.29, 0.717) is 12.4 Å². The maximum Gasteiger partial charge on any atom is 0.413 e. The quantitative estimate of drug-likeness (QED) is 0.843. The number of rotatable bonds is 4. The van der Waals surface area contributed by atoms with Crippen LogP contribution in [0, 0.1) is 12.3 Å². The summed E-state index contributed by atoms with van der Waals surface area (Å²) < 4.78 is 5.15. The highest BCUT2D eigenvalue weighted by atomic mass is 16.6. The van der Waals surface area contributed by atoms with Crippen LogP contribution in [-0.2, 0) is 11.3 Å². The predicted molar refractivity (Wildman–Crippen MR) is 93.6 cm³/mol. The van der Waals surface area contributed by atoms with Crippen molar-refractivity contribution in [3.05, 3.63) is 47.7 Å². The first kappa shape index (κ1) is 17.3. The highest BCUT2D eigenvalue weighted by Crippen LogP contribution is 2.12. The first-order chi connectivity index (χ1) is 11.4. The fourth-order valence-electron chi connectivity index (χ4n) is 1.84. The molecule has 1 aromatic heterocycles. The summed E-state index contributed by atoms with van der Waals surface area (Å²) in [4.78, 5) is 11.7. The molecule has 0 spiro atoms. The number of terminal acetylenes is 1. The first-order valence-electron chi connectivity index (χ1n) is 7.49. The van der Waals surface area contributed by atoms with E-state index in [-0.39, 0.29) is 0 Å². The second kappa shape index (κ2) is 7.47.